The van der Waals surface area contributed by atoms with Gasteiger partial charge in [-0.2, -0.15) is 0 Å². The largest absolute Gasteiger partial charge is 0.465 e. The molecule has 0 aromatic carbocycles. The maximum absolute atomic E-state index is 11.5. The lowest BCUT2D eigenvalue weighted by atomic mass is 9.83. The highest BCUT2D eigenvalue weighted by molar-refractivity contribution is 5.72. The van der Waals surface area contributed by atoms with Crippen LogP contribution >= 0.6 is 0 Å². The Morgan fingerprint density at radius 2 is 2.07 bits per heavy atom. The molecule has 1 saturated carbocycles. The average molecular weight is 196 g/mol. The van der Waals surface area contributed by atoms with Crippen LogP contribution in [0, 0.1) is 11.8 Å². The summed E-state index contributed by atoms with van der Waals surface area (Å²) in [6.45, 7) is 6.33. The number of carbonyl (C=O) groups is 1. The minimum absolute atomic E-state index is 0.00116. The number of carbonyl (C=O) groups excluding carboxylic acids is 1. The Labute approximate surface area is 86.3 Å². The molecule has 0 bridgehead atoms. The number of ether oxygens (including phenoxy) is 1. The summed E-state index contributed by atoms with van der Waals surface area (Å²) in [5, 5.41) is 0. The van der Waals surface area contributed by atoms with Gasteiger partial charge in [0.25, 0.3) is 0 Å². The summed E-state index contributed by atoms with van der Waals surface area (Å²) in [6, 6.07) is 0. The zero-order valence-electron chi connectivity index (χ0n) is 9.00. The van der Waals surface area contributed by atoms with Gasteiger partial charge >= 0.3 is 5.97 Å². The fraction of sp³-hybridized carbons (Fsp3) is 0.750. The molecule has 2 heteroatoms. The van der Waals surface area contributed by atoms with Crippen molar-refractivity contribution < 1.29 is 9.53 Å². The molecule has 0 aromatic heterocycles. The lowest BCUT2D eigenvalue weighted by Gasteiger charge is -2.24. The van der Waals surface area contributed by atoms with Crippen LogP contribution in [0.5, 0.6) is 0 Å². The lowest BCUT2D eigenvalue weighted by Crippen LogP contribution is -2.23. The van der Waals surface area contributed by atoms with Crippen LogP contribution in [-0.4, -0.2) is 12.6 Å². The smallest absolute Gasteiger partial charge is 0.308 e. The SMILES string of the molecule is C=CCCOC(=O)C1CCC(C)CC1. The first kappa shape index (κ1) is 11.3. The van der Waals surface area contributed by atoms with Crippen molar-refractivity contribution in [2.75, 3.05) is 6.61 Å². The summed E-state index contributed by atoms with van der Waals surface area (Å²) in [7, 11) is 0. The van der Waals surface area contributed by atoms with Crippen molar-refractivity contribution in [2.45, 2.75) is 39.0 Å². The Morgan fingerprint density at radius 3 is 2.64 bits per heavy atom. The van der Waals surface area contributed by atoms with Crippen LogP contribution in [0.3, 0.4) is 0 Å². The van der Waals surface area contributed by atoms with Crippen LogP contribution in [0.15, 0.2) is 12.7 Å². The fourth-order valence-electron chi connectivity index (χ4n) is 1.86. The molecule has 0 spiro atoms. The van der Waals surface area contributed by atoms with E-state index in [1.807, 2.05) is 0 Å². The van der Waals surface area contributed by atoms with Gasteiger partial charge in [0, 0.05) is 0 Å². The van der Waals surface area contributed by atoms with Gasteiger partial charge in [0.05, 0.1) is 12.5 Å². The third-order valence-corrected chi connectivity index (χ3v) is 2.92. The molecule has 0 radical (unpaired) electrons. The Bertz CT molecular complexity index is 190. The topological polar surface area (TPSA) is 26.3 Å². The summed E-state index contributed by atoms with van der Waals surface area (Å²) in [4.78, 5) is 11.5. The maximum atomic E-state index is 11.5. The minimum atomic E-state index is -0.00116. The zero-order valence-corrected chi connectivity index (χ0v) is 9.00. The first-order valence-corrected chi connectivity index (χ1v) is 5.51. The first-order chi connectivity index (χ1) is 6.74. The Balaban J connectivity index is 2.20. The van der Waals surface area contributed by atoms with Gasteiger partial charge in [-0.3, -0.25) is 4.79 Å². The summed E-state index contributed by atoms with van der Waals surface area (Å²) in [5.41, 5.74) is 0. The fourth-order valence-corrected chi connectivity index (χ4v) is 1.86. The summed E-state index contributed by atoms with van der Waals surface area (Å²) in [5.74, 6) is 0.946. The molecule has 0 amide bonds. The molecule has 0 heterocycles. The second-order valence-electron chi connectivity index (χ2n) is 4.20. The van der Waals surface area contributed by atoms with Crippen LogP contribution in [0.1, 0.15) is 39.0 Å². The molecule has 0 saturated heterocycles. The van der Waals surface area contributed by atoms with Crippen molar-refractivity contribution in [3.8, 4) is 0 Å². The van der Waals surface area contributed by atoms with Gasteiger partial charge in [0.1, 0.15) is 0 Å². The number of esters is 1. The van der Waals surface area contributed by atoms with E-state index in [4.69, 9.17) is 4.74 Å². The highest BCUT2D eigenvalue weighted by Crippen LogP contribution is 2.28. The Kier molecular flexibility index (Phi) is 4.71. The zero-order chi connectivity index (χ0) is 10.4. The van der Waals surface area contributed by atoms with E-state index < -0.39 is 0 Å². The van der Waals surface area contributed by atoms with Crippen molar-refractivity contribution >= 4 is 5.97 Å². The first-order valence-electron chi connectivity index (χ1n) is 5.51. The predicted molar refractivity (Wildman–Crippen MR) is 56.9 cm³/mol. The highest BCUT2D eigenvalue weighted by Gasteiger charge is 2.25. The molecule has 1 rings (SSSR count). The molecule has 2 nitrogen and oxygen atoms in total. The minimum Gasteiger partial charge on any atom is -0.465 e. The van der Waals surface area contributed by atoms with E-state index in [1.54, 1.807) is 6.08 Å². The molecule has 1 fully saturated rings. The molecular formula is C12H20O2. The average Bonchev–Trinajstić information content (AvgIpc) is 2.19. The van der Waals surface area contributed by atoms with Crippen LogP contribution in [0.4, 0.5) is 0 Å². The molecule has 0 N–H and O–H groups in total. The number of hydrogen-bond donors (Lipinski definition) is 0. The van der Waals surface area contributed by atoms with Crippen molar-refractivity contribution in [3.05, 3.63) is 12.7 Å². The third-order valence-electron chi connectivity index (χ3n) is 2.92. The van der Waals surface area contributed by atoms with Gasteiger partial charge in [0.2, 0.25) is 0 Å². The molecule has 1 aliphatic rings. The van der Waals surface area contributed by atoms with Crippen LogP contribution in [-0.2, 0) is 9.53 Å². The lowest BCUT2D eigenvalue weighted by molar-refractivity contribution is -0.149. The van der Waals surface area contributed by atoms with E-state index in [9.17, 15) is 4.79 Å². The molecule has 0 unspecified atom stereocenters. The molecule has 0 atom stereocenters. The second-order valence-corrected chi connectivity index (χ2v) is 4.20. The van der Waals surface area contributed by atoms with E-state index in [0.29, 0.717) is 6.61 Å². The maximum Gasteiger partial charge on any atom is 0.308 e. The van der Waals surface area contributed by atoms with Gasteiger partial charge in [0.15, 0.2) is 0 Å². The molecule has 80 valence electrons. The van der Waals surface area contributed by atoms with E-state index in [2.05, 4.69) is 13.5 Å². The molecule has 0 aromatic rings. The van der Waals surface area contributed by atoms with Gasteiger partial charge in [-0.05, 0) is 38.0 Å². The van der Waals surface area contributed by atoms with Gasteiger partial charge < -0.3 is 4.74 Å². The summed E-state index contributed by atoms with van der Waals surface area (Å²) < 4.78 is 5.15. The third kappa shape index (κ3) is 3.52. The number of rotatable bonds is 4. The molecule has 0 aliphatic heterocycles. The van der Waals surface area contributed by atoms with Crippen molar-refractivity contribution in [3.63, 3.8) is 0 Å². The van der Waals surface area contributed by atoms with Gasteiger partial charge in [-0.25, -0.2) is 0 Å². The van der Waals surface area contributed by atoms with Crippen LogP contribution in [0.2, 0.25) is 0 Å². The monoisotopic (exact) mass is 196 g/mol. The van der Waals surface area contributed by atoms with Crippen molar-refractivity contribution in [1.29, 1.82) is 0 Å². The standard InChI is InChI=1S/C12H20O2/c1-3-4-9-14-12(13)11-7-5-10(2)6-8-11/h3,10-11H,1,4-9H2,2H3. The van der Waals surface area contributed by atoms with Gasteiger partial charge in [-0.1, -0.05) is 13.0 Å². The van der Waals surface area contributed by atoms with Crippen molar-refractivity contribution in [2.24, 2.45) is 11.8 Å². The van der Waals surface area contributed by atoms with Crippen molar-refractivity contribution in [1.82, 2.24) is 0 Å². The Hall–Kier alpha value is -0.790. The summed E-state index contributed by atoms with van der Waals surface area (Å²) in [6.07, 6.45) is 6.88. The van der Waals surface area contributed by atoms with Crippen LogP contribution < -0.4 is 0 Å². The molecular weight excluding hydrogens is 176 g/mol. The van der Waals surface area contributed by atoms with E-state index >= 15 is 0 Å². The van der Waals surface area contributed by atoms with E-state index in [-0.39, 0.29) is 11.9 Å². The highest BCUT2D eigenvalue weighted by atomic mass is 16.5. The predicted octanol–water partition coefficient (Wildman–Crippen LogP) is 2.93. The van der Waals surface area contributed by atoms with Gasteiger partial charge in [-0.15, -0.1) is 6.58 Å². The van der Waals surface area contributed by atoms with E-state index in [1.165, 1.54) is 12.8 Å². The molecule has 14 heavy (non-hydrogen) atoms. The number of hydrogen-bond acceptors (Lipinski definition) is 2. The Morgan fingerprint density at radius 1 is 1.43 bits per heavy atom. The molecule has 1 aliphatic carbocycles. The normalized spacial score (nSPS) is 26.9. The second kappa shape index (κ2) is 5.84. The quantitative estimate of drug-likeness (QED) is 0.392. The summed E-state index contributed by atoms with van der Waals surface area (Å²) >= 11 is 0. The van der Waals surface area contributed by atoms with E-state index in [0.717, 1.165) is 25.2 Å². The van der Waals surface area contributed by atoms with Crippen LogP contribution in [0.25, 0.3) is 0 Å².